The first-order chi connectivity index (χ1) is 21.2. The molecule has 7 heteroatoms. The van der Waals surface area contributed by atoms with Crippen molar-refractivity contribution >= 4 is 23.4 Å². The van der Waals surface area contributed by atoms with Gasteiger partial charge >= 0.3 is 12.1 Å². The molecule has 1 aliphatic heterocycles. The van der Waals surface area contributed by atoms with Gasteiger partial charge < -0.3 is 14.8 Å². The predicted octanol–water partition coefficient (Wildman–Crippen LogP) is 8.03. The van der Waals surface area contributed by atoms with E-state index in [1.165, 1.54) is 5.56 Å². The van der Waals surface area contributed by atoms with E-state index in [1.54, 1.807) is 11.3 Å². The van der Waals surface area contributed by atoms with E-state index in [2.05, 4.69) is 58.7 Å². The second-order valence-electron chi connectivity index (χ2n) is 12.4. The number of piperidine rings is 1. The molecule has 1 saturated heterocycles. The van der Waals surface area contributed by atoms with Crippen molar-refractivity contribution in [2.75, 3.05) is 19.7 Å². The Hall–Kier alpha value is -3.94. The van der Waals surface area contributed by atoms with Crippen molar-refractivity contribution in [3.63, 3.8) is 0 Å². The molecule has 230 valence electrons. The fourth-order valence-corrected chi connectivity index (χ4v) is 6.46. The van der Waals surface area contributed by atoms with Crippen LogP contribution in [0.4, 0.5) is 4.79 Å². The first-order valence-electron chi connectivity index (χ1n) is 15.4. The van der Waals surface area contributed by atoms with Crippen molar-refractivity contribution in [1.29, 1.82) is 0 Å². The third kappa shape index (κ3) is 9.04. The minimum atomic E-state index is -0.540. The summed E-state index contributed by atoms with van der Waals surface area (Å²) in [7, 11) is 0. The van der Waals surface area contributed by atoms with Crippen LogP contribution in [0.5, 0.6) is 0 Å². The molecule has 1 aromatic heterocycles. The van der Waals surface area contributed by atoms with E-state index in [9.17, 15) is 9.59 Å². The van der Waals surface area contributed by atoms with Crippen molar-refractivity contribution in [3.8, 4) is 10.4 Å². The summed E-state index contributed by atoms with van der Waals surface area (Å²) >= 11 is 1.61. The second kappa shape index (κ2) is 14.7. The summed E-state index contributed by atoms with van der Waals surface area (Å²) in [5.41, 5.74) is 3.64. The van der Waals surface area contributed by atoms with E-state index >= 15 is 0 Å². The second-order valence-corrected chi connectivity index (χ2v) is 13.6. The van der Waals surface area contributed by atoms with Gasteiger partial charge in [0.05, 0.1) is 13.2 Å². The van der Waals surface area contributed by atoms with Crippen LogP contribution in [0.1, 0.15) is 61.1 Å². The van der Waals surface area contributed by atoms with E-state index in [-0.39, 0.29) is 5.97 Å². The number of hydrogen-bond donors (Lipinski definition) is 1. The molecule has 1 unspecified atom stereocenters. The maximum atomic E-state index is 13.7. The number of carbonyl (C=O) groups excluding carboxylic acids is 2. The molecule has 6 nitrogen and oxygen atoms in total. The average molecular weight is 611 g/mol. The van der Waals surface area contributed by atoms with Gasteiger partial charge in [-0.3, -0.25) is 9.69 Å². The molecule has 4 aromatic rings. The molecule has 1 fully saturated rings. The smallest absolute Gasteiger partial charge is 0.407 e. The molecular formula is C37H42N2O4S. The van der Waals surface area contributed by atoms with E-state index in [4.69, 9.17) is 9.47 Å². The number of hydrogen-bond acceptors (Lipinski definition) is 6. The molecule has 1 N–H and O–H groups in total. The van der Waals surface area contributed by atoms with E-state index in [1.807, 2.05) is 69.3 Å². The number of nitrogens with one attached hydrogen (secondary N) is 1. The van der Waals surface area contributed by atoms with Crippen LogP contribution in [0.25, 0.3) is 10.4 Å². The highest BCUT2D eigenvalue weighted by molar-refractivity contribution is 7.15. The maximum Gasteiger partial charge on any atom is 0.407 e. The quantitative estimate of drug-likeness (QED) is 0.184. The van der Waals surface area contributed by atoms with E-state index in [0.29, 0.717) is 19.1 Å². The standard InChI is InChI=1S/C37H42N2O4S/c1-37(2,3)43-36(41)38-24-32-17-18-33(44-32)30-15-10-16-31(23-30)34(29-13-8-5-9-14-29)35(40)42-26-28-19-21-39(22-20-28)25-27-11-6-4-7-12-27/h4-18,23,28,34H,19-22,24-26H2,1-3H3,(H,38,41). The lowest BCUT2D eigenvalue weighted by Gasteiger charge is -2.32. The van der Waals surface area contributed by atoms with Crippen LogP contribution in [0.15, 0.2) is 97.1 Å². The van der Waals surface area contributed by atoms with Crippen molar-refractivity contribution < 1.29 is 19.1 Å². The van der Waals surface area contributed by atoms with Gasteiger partial charge in [0.2, 0.25) is 0 Å². The Kier molecular flexibility index (Phi) is 10.5. The van der Waals surface area contributed by atoms with Gasteiger partial charge in [0.15, 0.2) is 0 Å². The Balaban J connectivity index is 1.22. The highest BCUT2D eigenvalue weighted by Gasteiger charge is 2.27. The maximum absolute atomic E-state index is 13.7. The van der Waals surface area contributed by atoms with Crippen LogP contribution >= 0.6 is 11.3 Å². The van der Waals surface area contributed by atoms with Crippen LogP contribution in [0, 0.1) is 5.92 Å². The third-order valence-electron chi connectivity index (χ3n) is 7.76. The summed E-state index contributed by atoms with van der Waals surface area (Å²) in [6.07, 6.45) is 1.61. The zero-order valence-electron chi connectivity index (χ0n) is 25.8. The number of thiophene rings is 1. The van der Waals surface area contributed by atoms with Crippen molar-refractivity contribution in [2.45, 2.75) is 58.2 Å². The van der Waals surface area contributed by atoms with Gasteiger partial charge in [-0.1, -0.05) is 78.9 Å². The molecule has 0 bridgehead atoms. The molecule has 0 spiro atoms. The minimum absolute atomic E-state index is 0.214. The Morgan fingerprint density at radius 3 is 2.27 bits per heavy atom. The SMILES string of the molecule is CC(C)(C)OC(=O)NCc1ccc(-c2cccc(C(C(=O)OCC3CCN(Cc4ccccc4)CC3)c3ccccc3)c2)s1. The lowest BCUT2D eigenvalue weighted by atomic mass is 9.90. The van der Waals surface area contributed by atoms with E-state index < -0.39 is 17.6 Å². The number of carbonyl (C=O) groups is 2. The Morgan fingerprint density at radius 1 is 0.886 bits per heavy atom. The Morgan fingerprint density at radius 2 is 1.57 bits per heavy atom. The molecule has 0 radical (unpaired) electrons. The van der Waals surface area contributed by atoms with Gasteiger partial charge in [0.25, 0.3) is 0 Å². The predicted molar refractivity (Wildman–Crippen MR) is 177 cm³/mol. The van der Waals surface area contributed by atoms with Gasteiger partial charge in [0.1, 0.15) is 11.5 Å². The van der Waals surface area contributed by atoms with E-state index in [0.717, 1.165) is 58.9 Å². The van der Waals surface area contributed by atoms with Gasteiger partial charge in [-0.2, -0.15) is 0 Å². The summed E-state index contributed by atoms with van der Waals surface area (Å²) in [5.74, 6) is -0.358. The molecule has 1 atom stereocenters. The fraction of sp³-hybridized carbons (Fsp3) is 0.351. The van der Waals surface area contributed by atoms with Crippen LogP contribution in [0.2, 0.25) is 0 Å². The van der Waals surface area contributed by atoms with Crippen molar-refractivity contribution in [3.05, 3.63) is 119 Å². The Labute approximate surface area is 265 Å². The summed E-state index contributed by atoms with van der Waals surface area (Å²) in [4.78, 5) is 30.4. The number of ether oxygens (including phenoxy) is 2. The van der Waals surface area contributed by atoms with Crippen LogP contribution in [-0.2, 0) is 27.4 Å². The summed E-state index contributed by atoms with van der Waals surface area (Å²) in [6, 6.07) is 32.6. The lowest BCUT2D eigenvalue weighted by Crippen LogP contribution is -2.35. The normalized spacial score (nSPS) is 15.0. The molecule has 3 aromatic carbocycles. The molecule has 5 rings (SSSR count). The highest BCUT2D eigenvalue weighted by Crippen LogP contribution is 2.33. The number of amides is 1. The third-order valence-corrected chi connectivity index (χ3v) is 8.89. The number of rotatable bonds is 10. The largest absolute Gasteiger partial charge is 0.465 e. The van der Waals surface area contributed by atoms with Crippen LogP contribution in [0.3, 0.4) is 0 Å². The minimum Gasteiger partial charge on any atom is -0.465 e. The zero-order chi connectivity index (χ0) is 30.9. The first kappa shape index (κ1) is 31.5. The van der Waals surface area contributed by atoms with Crippen LogP contribution in [-0.4, -0.2) is 42.3 Å². The molecule has 1 aliphatic rings. The van der Waals surface area contributed by atoms with Gasteiger partial charge in [-0.15, -0.1) is 11.3 Å². The lowest BCUT2D eigenvalue weighted by molar-refractivity contribution is -0.146. The van der Waals surface area contributed by atoms with Crippen LogP contribution < -0.4 is 5.32 Å². The summed E-state index contributed by atoms with van der Waals surface area (Å²) in [5, 5.41) is 2.83. The first-order valence-corrected chi connectivity index (χ1v) is 16.2. The topological polar surface area (TPSA) is 67.9 Å². The molecular weight excluding hydrogens is 568 g/mol. The van der Waals surface area contributed by atoms with Crippen molar-refractivity contribution in [1.82, 2.24) is 10.2 Å². The monoisotopic (exact) mass is 610 g/mol. The molecule has 44 heavy (non-hydrogen) atoms. The zero-order valence-corrected chi connectivity index (χ0v) is 26.6. The summed E-state index contributed by atoms with van der Waals surface area (Å²) in [6.45, 7) is 9.36. The molecule has 0 aliphatic carbocycles. The molecule has 0 saturated carbocycles. The van der Waals surface area contributed by atoms with Gasteiger partial charge in [-0.25, -0.2) is 4.79 Å². The number of nitrogens with zero attached hydrogens (tertiary/aromatic N) is 1. The number of likely N-dealkylation sites (tertiary alicyclic amines) is 1. The Bertz CT molecular complexity index is 1510. The molecule has 2 heterocycles. The average Bonchev–Trinajstić information content (AvgIpc) is 3.50. The molecule has 1 amide bonds. The number of alkyl carbamates (subject to hydrolysis) is 1. The van der Waals surface area contributed by atoms with Gasteiger partial charge in [0, 0.05) is 16.3 Å². The summed E-state index contributed by atoms with van der Waals surface area (Å²) < 4.78 is 11.4. The fourth-order valence-electron chi connectivity index (χ4n) is 5.52. The highest BCUT2D eigenvalue weighted by atomic mass is 32.1. The van der Waals surface area contributed by atoms with Crippen molar-refractivity contribution in [2.24, 2.45) is 5.92 Å². The van der Waals surface area contributed by atoms with Gasteiger partial charge in [-0.05, 0) is 93.1 Å². The number of esters is 1. The number of benzene rings is 3.